The average Bonchev–Trinajstić information content (AvgIpc) is 3.25. The molecule has 7 nitrogen and oxygen atoms in total. The molecule has 0 saturated heterocycles. The number of amides is 1. The van der Waals surface area contributed by atoms with E-state index in [0.717, 1.165) is 68.2 Å². The summed E-state index contributed by atoms with van der Waals surface area (Å²) < 4.78 is 10.1. The van der Waals surface area contributed by atoms with Crippen LogP contribution in [0, 0.1) is 0 Å². The third-order valence-corrected chi connectivity index (χ3v) is 7.87. The van der Waals surface area contributed by atoms with Gasteiger partial charge in [0.25, 0.3) is 5.91 Å². The first kappa shape index (κ1) is 30.1. The van der Waals surface area contributed by atoms with Crippen LogP contribution in [-0.4, -0.2) is 47.6 Å². The summed E-state index contributed by atoms with van der Waals surface area (Å²) in [6, 6.07) is 17.3. The van der Waals surface area contributed by atoms with Crippen LogP contribution in [0.15, 0.2) is 54.6 Å². The fourth-order valence-electron chi connectivity index (χ4n) is 5.63. The van der Waals surface area contributed by atoms with E-state index in [1.165, 1.54) is 7.11 Å². The van der Waals surface area contributed by atoms with E-state index in [1.807, 2.05) is 59.5 Å². The Hall–Kier alpha value is -3.87. The van der Waals surface area contributed by atoms with Crippen molar-refractivity contribution in [3.8, 4) is 22.6 Å². The van der Waals surface area contributed by atoms with Crippen molar-refractivity contribution in [3.63, 3.8) is 0 Å². The molecule has 218 valence electrons. The summed E-state index contributed by atoms with van der Waals surface area (Å²) >= 11 is 0. The SMILES string of the molecule is CCCCCCC1c2nc(Cc3ccccc3)c(O)c(-c3ccc(OC)cc3)c2C(=O)N1CCCCCC(=O)OC. The number of unbranched alkanes of at least 4 members (excludes halogenated alkanes) is 5. The van der Waals surface area contributed by atoms with Gasteiger partial charge in [-0.1, -0.05) is 81.5 Å². The number of methoxy groups -OCH3 is 2. The molecule has 1 aromatic heterocycles. The van der Waals surface area contributed by atoms with E-state index in [4.69, 9.17) is 14.5 Å². The Morgan fingerprint density at radius 3 is 2.34 bits per heavy atom. The van der Waals surface area contributed by atoms with Gasteiger partial charge in [0.05, 0.1) is 37.2 Å². The molecule has 0 fully saturated rings. The maximum atomic E-state index is 14.1. The van der Waals surface area contributed by atoms with Crippen LogP contribution in [0.5, 0.6) is 11.5 Å². The lowest BCUT2D eigenvalue weighted by Gasteiger charge is -2.25. The average molecular weight is 559 g/mol. The number of hydrogen-bond acceptors (Lipinski definition) is 6. The smallest absolute Gasteiger partial charge is 0.305 e. The Balaban J connectivity index is 1.73. The Morgan fingerprint density at radius 1 is 0.927 bits per heavy atom. The minimum Gasteiger partial charge on any atom is -0.505 e. The molecule has 41 heavy (non-hydrogen) atoms. The van der Waals surface area contributed by atoms with Gasteiger partial charge in [-0.05, 0) is 42.5 Å². The molecule has 1 amide bonds. The van der Waals surface area contributed by atoms with Crippen molar-refractivity contribution < 1.29 is 24.2 Å². The summed E-state index contributed by atoms with van der Waals surface area (Å²) in [5.41, 5.74) is 4.18. The molecule has 1 aliphatic heterocycles. The summed E-state index contributed by atoms with van der Waals surface area (Å²) in [6.45, 7) is 2.77. The number of fused-ring (bicyclic) bond motifs is 1. The van der Waals surface area contributed by atoms with Crippen LogP contribution in [0.1, 0.15) is 98.1 Å². The number of esters is 1. The number of aromatic hydroxyl groups is 1. The predicted molar refractivity (Wildman–Crippen MR) is 160 cm³/mol. The van der Waals surface area contributed by atoms with Gasteiger partial charge in [-0.2, -0.15) is 0 Å². The van der Waals surface area contributed by atoms with Crippen molar-refractivity contribution in [2.75, 3.05) is 20.8 Å². The van der Waals surface area contributed by atoms with Crippen LogP contribution < -0.4 is 4.74 Å². The molecule has 0 spiro atoms. The second kappa shape index (κ2) is 14.7. The molecule has 4 rings (SSSR count). The number of aromatic nitrogens is 1. The molecule has 0 radical (unpaired) electrons. The van der Waals surface area contributed by atoms with Crippen LogP contribution >= 0.6 is 0 Å². The van der Waals surface area contributed by atoms with Crippen molar-refractivity contribution in [1.82, 2.24) is 9.88 Å². The fourth-order valence-corrected chi connectivity index (χ4v) is 5.63. The molecule has 1 aliphatic rings. The number of carbonyl (C=O) groups excluding carboxylic acids is 2. The van der Waals surface area contributed by atoms with E-state index in [1.54, 1.807) is 7.11 Å². The third kappa shape index (κ3) is 7.26. The highest BCUT2D eigenvalue weighted by atomic mass is 16.5. The van der Waals surface area contributed by atoms with Gasteiger partial charge in [0, 0.05) is 24.9 Å². The number of pyridine rings is 1. The topological polar surface area (TPSA) is 89.0 Å². The highest BCUT2D eigenvalue weighted by Gasteiger charge is 2.41. The molecular formula is C34H42N2O5. The quantitative estimate of drug-likeness (QED) is 0.156. The standard InChI is InChI=1S/C34H42N2O5/c1-4-5-6-11-16-28-32-31(34(39)36(28)22-13-8-12-17-29(37)41-3)30(25-18-20-26(40-2)21-19-25)33(38)27(35-32)23-24-14-9-7-10-15-24/h7,9-10,14-15,18-21,28,38H,4-6,8,11-13,16-17,22-23H2,1-3H3. The molecule has 0 bridgehead atoms. The third-order valence-electron chi connectivity index (χ3n) is 7.87. The van der Waals surface area contributed by atoms with Gasteiger partial charge < -0.3 is 19.5 Å². The van der Waals surface area contributed by atoms with Crippen LogP contribution in [-0.2, 0) is 16.0 Å². The van der Waals surface area contributed by atoms with E-state index in [2.05, 4.69) is 6.92 Å². The first-order valence-electron chi connectivity index (χ1n) is 14.8. The van der Waals surface area contributed by atoms with Gasteiger partial charge in [-0.15, -0.1) is 0 Å². The molecule has 0 aliphatic carbocycles. The Bertz CT molecular complexity index is 1310. The molecule has 2 heterocycles. The van der Waals surface area contributed by atoms with E-state index in [-0.39, 0.29) is 23.7 Å². The second-order valence-electron chi connectivity index (χ2n) is 10.7. The highest BCUT2D eigenvalue weighted by Crippen LogP contribution is 2.46. The number of ether oxygens (including phenoxy) is 2. The van der Waals surface area contributed by atoms with Gasteiger partial charge in [0.1, 0.15) is 11.5 Å². The monoisotopic (exact) mass is 558 g/mol. The fraction of sp³-hybridized carbons (Fsp3) is 0.441. The summed E-state index contributed by atoms with van der Waals surface area (Å²) in [5, 5.41) is 11.6. The number of nitrogens with zero attached hydrogens (tertiary/aromatic N) is 2. The first-order valence-corrected chi connectivity index (χ1v) is 14.8. The number of benzene rings is 2. The van der Waals surface area contributed by atoms with Gasteiger partial charge in [-0.25, -0.2) is 0 Å². The molecule has 1 unspecified atom stereocenters. The summed E-state index contributed by atoms with van der Waals surface area (Å²) in [6.07, 6.45) is 8.38. The lowest BCUT2D eigenvalue weighted by molar-refractivity contribution is -0.140. The van der Waals surface area contributed by atoms with Crippen molar-refractivity contribution in [1.29, 1.82) is 0 Å². The highest BCUT2D eigenvalue weighted by molar-refractivity contribution is 6.06. The van der Waals surface area contributed by atoms with Crippen LogP contribution in [0.2, 0.25) is 0 Å². The molecule has 0 saturated carbocycles. The van der Waals surface area contributed by atoms with Gasteiger partial charge in [0.15, 0.2) is 0 Å². The zero-order chi connectivity index (χ0) is 29.2. The number of rotatable bonds is 15. The summed E-state index contributed by atoms with van der Waals surface area (Å²) in [5.74, 6) is 0.458. The molecule has 1 atom stereocenters. The number of carbonyl (C=O) groups is 2. The van der Waals surface area contributed by atoms with E-state index < -0.39 is 0 Å². The maximum absolute atomic E-state index is 14.1. The largest absolute Gasteiger partial charge is 0.505 e. The summed E-state index contributed by atoms with van der Waals surface area (Å²) in [4.78, 5) is 32.6. The normalized spacial score (nSPS) is 14.3. The van der Waals surface area contributed by atoms with Crippen molar-refractivity contribution >= 4 is 11.9 Å². The Labute approximate surface area is 243 Å². The van der Waals surface area contributed by atoms with Crippen LogP contribution in [0.3, 0.4) is 0 Å². The van der Waals surface area contributed by atoms with E-state index >= 15 is 0 Å². The molecular weight excluding hydrogens is 516 g/mol. The van der Waals surface area contributed by atoms with Gasteiger partial charge >= 0.3 is 5.97 Å². The summed E-state index contributed by atoms with van der Waals surface area (Å²) in [7, 11) is 3.02. The lowest BCUT2D eigenvalue weighted by Crippen LogP contribution is -2.29. The second-order valence-corrected chi connectivity index (χ2v) is 10.7. The maximum Gasteiger partial charge on any atom is 0.305 e. The van der Waals surface area contributed by atoms with Crippen molar-refractivity contribution in [2.24, 2.45) is 0 Å². The molecule has 3 aromatic rings. The first-order chi connectivity index (χ1) is 20.0. The lowest BCUT2D eigenvalue weighted by atomic mass is 9.93. The number of hydrogen-bond donors (Lipinski definition) is 1. The zero-order valence-electron chi connectivity index (χ0n) is 24.5. The minimum atomic E-state index is -0.210. The minimum absolute atomic E-state index is 0.0516. The predicted octanol–water partition coefficient (Wildman–Crippen LogP) is 7.25. The molecule has 1 N–H and O–H groups in total. The van der Waals surface area contributed by atoms with Gasteiger partial charge in [-0.3, -0.25) is 14.6 Å². The molecule has 2 aromatic carbocycles. The van der Waals surface area contributed by atoms with Crippen molar-refractivity contribution in [3.05, 3.63) is 77.1 Å². The van der Waals surface area contributed by atoms with Crippen molar-refractivity contribution in [2.45, 2.75) is 77.2 Å². The van der Waals surface area contributed by atoms with Crippen LogP contribution in [0.4, 0.5) is 0 Å². The van der Waals surface area contributed by atoms with Gasteiger partial charge in [0.2, 0.25) is 0 Å². The Morgan fingerprint density at radius 2 is 1.66 bits per heavy atom. The van der Waals surface area contributed by atoms with E-state index in [9.17, 15) is 14.7 Å². The molecule has 7 heteroatoms. The van der Waals surface area contributed by atoms with E-state index in [0.29, 0.717) is 42.0 Å². The van der Waals surface area contributed by atoms with Crippen LogP contribution in [0.25, 0.3) is 11.1 Å². The zero-order valence-corrected chi connectivity index (χ0v) is 24.5. The Kier molecular flexibility index (Phi) is 10.8.